The number of hydrogen-bond donors (Lipinski definition) is 2. The maximum atomic E-state index is 12.1. The minimum Gasteiger partial charge on any atom is -0.382 e. The highest BCUT2D eigenvalue weighted by atomic mass is 16.5. The van der Waals surface area contributed by atoms with Crippen LogP contribution in [-0.2, 0) is 38.6 Å². The second-order valence-electron chi connectivity index (χ2n) is 6.53. The minimum atomic E-state index is -0.247. The summed E-state index contributed by atoms with van der Waals surface area (Å²) in [6.45, 7) is 5.62. The van der Waals surface area contributed by atoms with Crippen molar-refractivity contribution in [3.8, 4) is 0 Å². The Morgan fingerprint density at radius 1 is 0.966 bits per heavy atom. The number of methoxy groups -OCH3 is 1. The Labute approximate surface area is 171 Å². The van der Waals surface area contributed by atoms with Gasteiger partial charge in [-0.05, 0) is 41.3 Å². The summed E-state index contributed by atoms with van der Waals surface area (Å²) in [6, 6.07) is 15.4. The molecule has 0 aliphatic rings. The van der Waals surface area contributed by atoms with Gasteiger partial charge in [-0.25, -0.2) is 0 Å². The zero-order valence-electron chi connectivity index (χ0n) is 16.8. The highest BCUT2D eigenvalue weighted by molar-refractivity contribution is 5.98. The zero-order chi connectivity index (χ0) is 20.9. The van der Waals surface area contributed by atoms with E-state index in [0.29, 0.717) is 44.9 Å². The van der Waals surface area contributed by atoms with Crippen LogP contribution in [0.15, 0.2) is 61.2 Å². The molecule has 0 bridgehead atoms. The van der Waals surface area contributed by atoms with Crippen LogP contribution < -0.4 is 10.6 Å². The Balaban J connectivity index is 1.69. The average molecular weight is 396 g/mol. The fourth-order valence-electron chi connectivity index (χ4n) is 2.58. The van der Waals surface area contributed by atoms with Crippen LogP contribution in [0.1, 0.15) is 23.1 Å². The lowest BCUT2D eigenvalue weighted by atomic mass is 10.1. The van der Waals surface area contributed by atoms with E-state index in [1.54, 1.807) is 7.11 Å². The first-order chi connectivity index (χ1) is 14.1. The van der Waals surface area contributed by atoms with Gasteiger partial charge in [0, 0.05) is 25.8 Å². The van der Waals surface area contributed by atoms with Gasteiger partial charge in [0.05, 0.1) is 19.8 Å². The number of benzene rings is 2. The molecule has 0 heterocycles. The van der Waals surface area contributed by atoms with E-state index in [1.165, 1.54) is 6.08 Å². The van der Waals surface area contributed by atoms with Crippen molar-refractivity contribution >= 4 is 17.5 Å². The Bertz CT molecular complexity index is 786. The largest absolute Gasteiger partial charge is 0.382 e. The summed E-state index contributed by atoms with van der Waals surface area (Å²) in [5.74, 6) is -0.246. The molecule has 0 aliphatic heterocycles. The fourth-order valence-corrected chi connectivity index (χ4v) is 2.58. The highest BCUT2D eigenvalue weighted by Gasteiger charge is 2.04. The number of carbonyl (C=O) groups is 2. The van der Waals surface area contributed by atoms with Gasteiger partial charge in [-0.15, -0.1) is 0 Å². The van der Waals surface area contributed by atoms with E-state index in [1.807, 2.05) is 48.5 Å². The van der Waals surface area contributed by atoms with Crippen LogP contribution in [0, 0.1) is 0 Å². The molecule has 6 nitrogen and oxygen atoms in total. The molecule has 0 aliphatic carbocycles. The lowest BCUT2D eigenvalue weighted by Crippen LogP contribution is -2.23. The molecule has 2 rings (SSSR count). The Morgan fingerprint density at radius 2 is 1.62 bits per heavy atom. The van der Waals surface area contributed by atoms with Crippen LogP contribution in [0.5, 0.6) is 0 Å². The van der Waals surface area contributed by atoms with Gasteiger partial charge < -0.3 is 20.1 Å². The molecule has 154 valence electrons. The molecule has 2 aromatic rings. The molecule has 0 fully saturated rings. The summed E-state index contributed by atoms with van der Waals surface area (Å²) in [5.41, 5.74) is 3.87. The van der Waals surface area contributed by atoms with Crippen molar-refractivity contribution in [1.29, 1.82) is 0 Å². The molecular weight excluding hydrogens is 368 g/mol. The smallest absolute Gasteiger partial charge is 0.247 e. The Kier molecular flexibility index (Phi) is 9.62. The van der Waals surface area contributed by atoms with E-state index in [2.05, 4.69) is 17.2 Å². The van der Waals surface area contributed by atoms with Gasteiger partial charge in [0.15, 0.2) is 0 Å². The van der Waals surface area contributed by atoms with Gasteiger partial charge in [0.25, 0.3) is 0 Å². The number of amides is 2. The van der Waals surface area contributed by atoms with Crippen molar-refractivity contribution in [3.05, 3.63) is 77.9 Å². The zero-order valence-corrected chi connectivity index (χ0v) is 16.8. The second-order valence-corrected chi connectivity index (χ2v) is 6.53. The summed E-state index contributed by atoms with van der Waals surface area (Å²) in [5, 5.41) is 5.63. The second kappa shape index (κ2) is 12.5. The summed E-state index contributed by atoms with van der Waals surface area (Å²) in [4.78, 5) is 23.4. The number of ether oxygens (including phenoxy) is 2. The SMILES string of the molecule is C=CC(=O)Nc1ccc(CCC(=O)NCc2ccc(COCCOC)cc2)cc1. The minimum absolute atomic E-state index is 0.000937. The maximum Gasteiger partial charge on any atom is 0.247 e. The number of rotatable bonds is 12. The normalized spacial score (nSPS) is 10.4. The van der Waals surface area contributed by atoms with Crippen LogP contribution in [-0.4, -0.2) is 32.1 Å². The predicted octanol–water partition coefficient (Wildman–Crippen LogP) is 3.22. The van der Waals surface area contributed by atoms with Crippen molar-refractivity contribution in [3.63, 3.8) is 0 Å². The topological polar surface area (TPSA) is 76.7 Å². The quantitative estimate of drug-likeness (QED) is 0.427. The molecule has 0 saturated heterocycles. The Hall–Kier alpha value is -2.96. The number of anilines is 1. The maximum absolute atomic E-state index is 12.1. The third-order valence-corrected chi connectivity index (χ3v) is 4.26. The highest BCUT2D eigenvalue weighted by Crippen LogP contribution is 2.11. The summed E-state index contributed by atoms with van der Waals surface area (Å²) in [6.07, 6.45) is 2.27. The van der Waals surface area contributed by atoms with Crippen molar-refractivity contribution in [2.75, 3.05) is 25.6 Å². The van der Waals surface area contributed by atoms with Crippen molar-refractivity contribution in [2.24, 2.45) is 0 Å². The van der Waals surface area contributed by atoms with Crippen LogP contribution >= 0.6 is 0 Å². The molecule has 0 unspecified atom stereocenters. The molecule has 2 aromatic carbocycles. The number of carbonyl (C=O) groups excluding carboxylic acids is 2. The van der Waals surface area contributed by atoms with Crippen LogP contribution in [0.25, 0.3) is 0 Å². The molecule has 2 N–H and O–H groups in total. The molecule has 0 spiro atoms. The lowest BCUT2D eigenvalue weighted by Gasteiger charge is -2.08. The fraction of sp³-hybridized carbons (Fsp3) is 0.304. The monoisotopic (exact) mass is 396 g/mol. The summed E-state index contributed by atoms with van der Waals surface area (Å²) < 4.78 is 10.4. The van der Waals surface area contributed by atoms with Crippen LogP contribution in [0.2, 0.25) is 0 Å². The van der Waals surface area contributed by atoms with Gasteiger partial charge in [0.2, 0.25) is 11.8 Å². The number of hydrogen-bond acceptors (Lipinski definition) is 4. The van der Waals surface area contributed by atoms with Crippen molar-refractivity contribution < 1.29 is 19.1 Å². The average Bonchev–Trinajstić information content (AvgIpc) is 2.75. The van der Waals surface area contributed by atoms with E-state index in [-0.39, 0.29) is 11.8 Å². The van der Waals surface area contributed by atoms with Gasteiger partial charge in [-0.2, -0.15) is 0 Å². The van der Waals surface area contributed by atoms with E-state index in [9.17, 15) is 9.59 Å². The van der Waals surface area contributed by atoms with Crippen molar-refractivity contribution in [1.82, 2.24) is 5.32 Å². The molecule has 0 atom stereocenters. The third-order valence-electron chi connectivity index (χ3n) is 4.26. The molecule has 0 radical (unpaired) electrons. The van der Waals surface area contributed by atoms with Gasteiger partial charge in [-0.1, -0.05) is 43.0 Å². The number of aryl methyl sites for hydroxylation is 1. The van der Waals surface area contributed by atoms with E-state index in [0.717, 1.165) is 16.7 Å². The summed E-state index contributed by atoms with van der Waals surface area (Å²) in [7, 11) is 1.65. The molecule has 0 aromatic heterocycles. The first-order valence-corrected chi connectivity index (χ1v) is 9.54. The standard InChI is InChI=1S/C23H28N2O4/c1-3-22(26)25-21-11-8-18(9-12-21)10-13-23(27)24-16-19-4-6-20(7-5-19)17-29-15-14-28-2/h3-9,11-12H,1,10,13-17H2,2H3,(H,24,27)(H,25,26). The summed E-state index contributed by atoms with van der Waals surface area (Å²) >= 11 is 0. The first kappa shape index (κ1) is 22.3. The van der Waals surface area contributed by atoms with Gasteiger partial charge >= 0.3 is 0 Å². The third kappa shape index (κ3) is 8.72. The predicted molar refractivity (Wildman–Crippen MR) is 113 cm³/mol. The molecule has 29 heavy (non-hydrogen) atoms. The van der Waals surface area contributed by atoms with Gasteiger partial charge in [-0.3, -0.25) is 9.59 Å². The lowest BCUT2D eigenvalue weighted by molar-refractivity contribution is -0.121. The van der Waals surface area contributed by atoms with Crippen molar-refractivity contribution in [2.45, 2.75) is 26.0 Å². The van der Waals surface area contributed by atoms with Crippen LogP contribution in [0.4, 0.5) is 5.69 Å². The Morgan fingerprint density at radius 3 is 2.28 bits per heavy atom. The number of nitrogens with one attached hydrogen (secondary N) is 2. The molecule has 2 amide bonds. The van der Waals surface area contributed by atoms with E-state index >= 15 is 0 Å². The van der Waals surface area contributed by atoms with E-state index in [4.69, 9.17) is 9.47 Å². The van der Waals surface area contributed by atoms with Gasteiger partial charge in [0.1, 0.15) is 0 Å². The molecule has 6 heteroatoms. The first-order valence-electron chi connectivity index (χ1n) is 9.54. The van der Waals surface area contributed by atoms with E-state index < -0.39 is 0 Å². The molecular formula is C23H28N2O4. The van der Waals surface area contributed by atoms with Crippen LogP contribution in [0.3, 0.4) is 0 Å². The molecule has 0 saturated carbocycles.